The molecular formula is C15H23N3O7S. The largest absolute Gasteiger partial charge is 0.506 e. The van der Waals surface area contributed by atoms with Gasteiger partial charge in [-0.2, -0.15) is 4.72 Å². The second-order valence-corrected chi connectivity index (χ2v) is 8.23. The van der Waals surface area contributed by atoms with E-state index in [1.807, 2.05) is 0 Å². The van der Waals surface area contributed by atoms with E-state index in [9.17, 15) is 28.9 Å². The molecule has 1 fully saturated rings. The third-order valence-corrected chi connectivity index (χ3v) is 5.42. The monoisotopic (exact) mass is 389 g/mol. The molecule has 0 aromatic heterocycles. The number of anilines is 1. The van der Waals surface area contributed by atoms with Gasteiger partial charge in [-0.15, -0.1) is 0 Å². The highest BCUT2D eigenvalue weighted by atomic mass is 32.3. The highest BCUT2D eigenvalue weighted by molar-refractivity contribution is 8.24. The zero-order chi connectivity index (χ0) is 19.7. The van der Waals surface area contributed by atoms with Crippen molar-refractivity contribution in [1.82, 2.24) is 10.0 Å². The van der Waals surface area contributed by atoms with Crippen molar-refractivity contribution in [3.05, 3.63) is 23.8 Å². The van der Waals surface area contributed by atoms with Gasteiger partial charge in [0.1, 0.15) is 23.2 Å². The summed E-state index contributed by atoms with van der Waals surface area (Å²) < 4.78 is 23.1. The zero-order valence-electron chi connectivity index (χ0n) is 14.3. The number of aryl methyl sites for hydroxylation is 1. The molecule has 7 N–H and O–H groups in total. The van der Waals surface area contributed by atoms with Crippen LogP contribution < -0.4 is 14.3 Å². The van der Waals surface area contributed by atoms with E-state index >= 15 is 0 Å². The highest BCUT2D eigenvalue weighted by Crippen LogP contribution is 2.49. The van der Waals surface area contributed by atoms with Gasteiger partial charge in [-0.05, 0) is 38.0 Å². The van der Waals surface area contributed by atoms with Crippen LogP contribution in [0.3, 0.4) is 0 Å². The Morgan fingerprint density at radius 3 is 2.54 bits per heavy atom. The molecule has 10 nitrogen and oxygen atoms in total. The van der Waals surface area contributed by atoms with Gasteiger partial charge in [0, 0.05) is 6.42 Å². The molecule has 1 amide bonds. The van der Waals surface area contributed by atoms with Crippen molar-refractivity contribution >= 4 is 28.5 Å². The van der Waals surface area contributed by atoms with E-state index in [2.05, 4.69) is 10.0 Å². The topological polar surface area (TPSA) is 163 Å². The van der Waals surface area contributed by atoms with E-state index in [1.54, 1.807) is 6.07 Å². The van der Waals surface area contributed by atoms with Crippen LogP contribution in [0.25, 0.3) is 0 Å². The number of aromatic hydroxyl groups is 1. The van der Waals surface area contributed by atoms with E-state index in [1.165, 1.54) is 26.0 Å². The van der Waals surface area contributed by atoms with E-state index in [0.717, 1.165) is 4.31 Å². The molecule has 1 saturated heterocycles. The number of phenols is 1. The van der Waals surface area contributed by atoms with Crippen LogP contribution >= 0.6 is 11.0 Å². The van der Waals surface area contributed by atoms with Crippen LogP contribution in [-0.2, 0) is 16.0 Å². The molecule has 1 atom stereocenters. The lowest BCUT2D eigenvalue weighted by Gasteiger charge is -2.36. The Labute approximate surface area is 152 Å². The Bertz CT molecular complexity index is 710. The molecule has 1 aliphatic heterocycles. The molecule has 1 aliphatic rings. The van der Waals surface area contributed by atoms with Crippen LogP contribution in [-0.4, -0.2) is 54.6 Å². The molecule has 0 spiro atoms. The fraction of sp³-hybridized carbons (Fsp3) is 0.467. The number of phenolic OH excluding ortho intramolecular Hbond substituents is 1. The molecule has 2 rings (SSSR count). The number of aliphatic hydroxyl groups is 1. The van der Waals surface area contributed by atoms with Crippen LogP contribution in [0.4, 0.5) is 5.69 Å². The highest BCUT2D eigenvalue weighted by Gasteiger charge is 2.36. The van der Waals surface area contributed by atoms with Gasteiger partial charge < -0.3 is 20.6 Å². The first kappa shape index (κ1) is 20.3. The van der Waals surface area contributed by atoms with Crippen LogP contribution in [0.1, 0.15) is 25.8 Å². The Balaban J connectivity index is 2.02. The van der Waals surface area contributed by atoms with Gasteiger partial charge in [0.2, 0.25) is 5.91 Å². The number of carbonyl (C=O) groups is 2. The van der Waals surface area contributed by atoms with Crippen LogP contribution in [0.5, 0.6) is 5.75 Å². The molecule has 0 bridgehead atoms. The predicted octanol–water partition coefficient (Wildman–Crippen LogP) is 0.613. The quantitative estimate of drug-likeness (QED) is 0.369. The van der Waals surface area contributed by atoms with Crippen molar-refractivity contribution in [3.63, 3.8) is 0 Å². The molecule has 1 aromatic rings. The maximum atomic E-state index is 11.9. The molecule has 26 heavy (non-hydrogen) atoms. The molecule has 146 valence electrons. The Morgan fingerprint density at radius 2 is 2.04 bits per heavy atom. The molecule has 0 saturated carbocycles. The maximum Gasteiger partial charge on any atom is 0.328 e. The van der Waals surface area contributed by atoms with Gasteiger partial charge in [0.15, 0.2) is 0 Å². The smallest absolute Gasteiger partial charge is 0.328 e. The van der Waals surface area contributed by atoms with Crippen molar-refractivity contribution in [2.45, 2.75) is 38.5 Å². The minimum atomic E-state index is -3.43. The lowest BCUT2D eigenvalue weighted by molar-refractivity contribution is -0.146. The molecule has 1 heterocycles. The van der Waals surface area contributed by atoms with E-state index in [0.29, 0.717) is 5.56 Å². The summed E-state index contributed by atoms with van der Waals surface area (Å²) in [5.74, 6) is -1.82. The Hall–Kier alpha value is -2.05. The molecule has 1 unspecified atom stereocenters. The molecule has 0 aliphatic carbocycles. The second kappa shape index (κ2) is 7.29. The van der Waals surface area contributed by atoms with Gasteiger partial charge in [-0.3, -0.25) is 18.2 Å². The summed E-state index contributed by atoms with van der Waals surface area (Å²) in [5, 5.41) is 31.1. The van der Waals surface area contributed by atoms with E-state index < -0.39 is 34.6 Å². The summed E-state index contributed by atoms with van der Waals surface area (Å²) in [6, 6.07) is 4.44. The molecule has 0 radical (unpaired) electrons. The first-order valence-corrected chi connectivity index (χ1v) is 9.30. The lowest BCUT2D eigenvalue weighted by Crippen LogP contribution is -2.49. The van der Waals surface area contributed by atoms with Crippen LogP contribution in [0, 0.1) is 0 Å². The van der Waals surface area contributed by atoms with Crippen molar-refractivity contribution in [1.29, 1.82) is 0 Å². The minimum absolute atomic E-state index is 0.0225. The molecule has 11 heteroatoms. The zero-order valence-corrected chi connectivity index (χ0v) is 15.2. The SMILES string of the molecule is CC(C)(NC(=O)CCc1ccc(N2CC(O)NS2(O)O)c(O)c1)C(=O)O. The average Bonchev–Trinajstić information content (AvgIpc) is 2.77. The number of β-amino-alcohol motifs (C(OH)–C–C–N with tert-alkyl or cyclic N) is 1. The fourth-order valence-electron chi connectivity index (χ4n) is 2.44. The second-order valence-electron chi connectivity index (χ2n) is 6.51. The Morgan fingerprint density at radius 1 is 1.38 bits per heavy atom. The third-order valence-electron chi connectivity index (χ3n) is 3.88. The summed E-state index contributed by atoms with van der Waals surface area (Å²) in [6.07, 6.45) is -0.860. The number of benzene rings is 1. The number of carboxylic acids is 1. The third kappa shape index (κ3) is 4.56. The van der Waals surface area contributed by atoms with E-state index in [-0.39, 0.29) is 30.8 Å². The summed E-state index contributed by atoms with van der Waals surface area (Å²) in [6.45, 7) is 2.65. The number of rotatable bonds is 6. The average molecular weight is 389 g/mol. The van der Waals surface area contributed by atoms with Crippen LogP contribution in [0.15, 0.2) is 18.2 Å². The molecule has 1 aromatic carbocycles. The number of carbonyl (C=O) groups excluding carboxylic acids is 1. The van der Waals surface area contributed by atoms with Crippen molar-refractivity contribution < 1.29 is 34.0 Å². The van der Waals surface area contributed by atoms with Crippen molar-refractivity contribution in [2.75, 3.05) is 10.8 Å². The summed E-state index contributed by atoms with van der Waals surface area (Å²) in [7, 11) is -3.43. The van der Waals surface area contributed by atoms with Gasteiger partial charge in [-0.1, -0.05) is 17.0 Å². The van der Waals surface area contributed by atoms with Gasteiger partial charge in [0.05, 0.1) is 6.54 Å². The van der Waals surface area contributed by atoms with Gasteiger partial charge in [-0.25, -0.2) is 4.79 Å². The first-order valence-electron chi connectivity index (χ1n) is 7.80. The normalized spacial score (nSPS) is 20.7. The Kier molecular flexibility index (Phi) is 5.68. The number of hydrogen-bond donors (Lipinski definition) is 7. The number of aliphatic hydroxyl groups excluding tert-OH is 1. The van der Waals surface area contributed by atoms with E-state index in [4.69, 9.17) is 5.11 Å². The first-order chi connectivity index (χ1) is 11.9. The lowest BCUT2D eigenvalue weighted by atomic mass is 10.0. The van der Waals surface area contributed by atoms with Gasteiger partial charge >= 0.3 is 5.97 Å². The maximum absolute atomic E-state index is 11.9. The van der Waals surface area contributed by atoms with Gasteiger partial charge in [0.25, 0.3) is 0 Å². The number of nitrogens with zero attached hydrogens (tertiary/aromatic N) is 1. The minimum Gasteiger partial charge on any atom is -0.506 e. The van der Waals surface area contributed by atoms with Crippen LogP contribution in [0.2, 0.25) is 0 Å². The van der Waals surface area contributed by atoms with Crippen molar-refractivity contribution in [2.24, 2.45) is 0 Å². The summed E-state index contributed by atoms with van der Waals surface area (Å²) in [5.41, 5.74) is -0.630. The number of hydrogen-bond acceptors (Lipinski definition) is 8. The molecular weight excluding hydrogens is 366 g/mol. The number of carboxylic acid groups (broad SMARTS) is 1. The fourth-order valence-corrected chi connectivity index (χ4v) is 3.78. The van der Waals surface area contributed by atoms with Crippen molar-refractivity contribution in [3.8, 4) is 5.75 Å². The summed E-state index contributed by atoms with van der Waals surface area (Å²) in [4.78, 5) is 22.9. The number of aliphatic carboxylic acids is 1. The standard InChI is InChI=1S/C15H23N3O7S/c1-15(2,14(22)23)16-12(20)6-4-9-3-5-10(11(19)7-9)18-8-13(21)17-26(18,24)25/h3,5,7,13,17,19,21,24-25H,4,6,8H2,1-2H3,(H,16,20)(H,22,23). The number of nitrogens with one attached hydrogen (secondary N) is 2. The number of amides is 1. The summed E-state index contributed by atoms with van der Waals surface area (Å²) >= 11 is 0. The predicted molar refractivity (Wildman–Crippen MR) is 95.6 cm³/mol.